The van der Waals surface area contributed by atoms with Gasteiger partial charge in [0, 0.05) is 6.20 Å². The van der Waals surface area contributed by atoms with Crippen molar-refractivity contribution in [2.45, 2.75) is 11.8 Å². The Morgan fingerprint density at radius 1 is 1.05 bits per heavy atom. The first-order valence-corrected chi connectivity index (χ1v) is 6.86. The van der Waals surface area contributed by atoms with Crippen molar-refractivity contribution in [3.8, 4) is 0 Å². The standard InChI is InChI=1S/C11H10BF3NO2S.K/c1-9-4-6-10(7-5-9)19(17,18)16-8-2-3-11(16)12(13,14)15;/h2-8H,1H3;/q-1;+1. The second-order valence-corrected chi connectivity index (χ2v) is 5.94. The number of halogens is 3. The first-order valence-electron chi connectivity index (χ1n) is 5.42. The van der Waals surface area contributed by atoms with Gasteiger partial charge in [0.2, 0.25) is 0 Å². The molecule has 0 unspecified atom stereocenters. The van der Waals surface area contributed by atoms with Gasteiger partial charge in [-0.15, -0.1) is 0 Å². The fourth-order valence-corrected chi connectivity index (χ4v) is 3.07. The molecule has 0 saturated carbocycles. The quantitative estimate of drug-likeness (QED) is 0.685. The third kappa shape index (κ3) is 3.58. The number of hydrogen-bond donors (Lipinski definition) is 0. The maximum atomic E-state index is 12.8. The van der Waals surface area contributed by atoms with Gasteiger partial charge in [-0.05, 0) is 30.7 Å². The van der Waals surface area contributed by atoms with Crippen LogP contribution >= 0.6 is 0 Å². The molecule has 1 heterocycles. The molecule has 0 radical (unpaired) electrons. The van der Waals surface area contributed by atoms with Crippen molar-refractivity contribution in [3.63, 3.8) is 0 Å². The summed E-state index contributed by atoms with van der Waals surface area (Å²) in [5.74, 6) is 0. The Bertz CT molecular complexity index is 695. The molecule has 0 saturated heterocycles. The Hall–Kier alpha value is -0.0587. The van der Waals surface area contributed by atoms with Gasteiger partial charge in [-0.3, -0.25) is 3.97 Å². The van der Waals surface area contributed by atoms with Crippen molar-refractivity contribution in [1.29, 1.82) is 0 Å². The second-order valence-electron chi connectivity index (χ2n) is 4.12. The molecule has 3 nitrogen and oxygen atoms in total. The van der Waals surface area contributed by atoms with E-state index in [1.807, 2.05) is 0 Å². The van der Waals surface area contributed by atoms with E-state index in [4.69, 9.17) is 0 Å². The SMILES string of the molecule is Cc1ccc(S(=O)(=O)n2cccc2[B-](F)(F)F)cc1.[K+]. The van der Waals surface area contributed by atoms with Crippen LogP contribution in [0.3, 0.4) is 0 Å². The Labute approximate surface area is 157 Å². The average Bonchev–Trinajstić information content (AvgIpc) is 2.78. The summed E-state index contributed by atoms with van der Waals surface area (Å²) in [6.07, 6.45) is 0.903. The van der Waals surface area contributed by atoms with Crippen molar-refractivity contribution in [1.82, 2.24) is 3.97 Å². The number of hydrogen-bond acceptors (Lipinski definition) is 2. The smallest absolute Gasteiger partial charge is 0.444 e. The van der Waals surface area contributed by atoms with E-state index in [1.54, 1.807) is 6.92 Å². The van der Waals surface area contributed by atoms with Gasteiger partial charge >= 0.3 is 58.4 Å². The molecule has 2 aromatic rings. The topological polar surface area (TPSA) is 39.1 Å². The van der Waals surface area contributed by atoms with E-state index in [1.165, 1.54) is 24.3 Å². The molecule has 9 heteroatoms. The number of aryl methyl sites for hydroxylation is 1. The Morgan fingerprint density at radius 2 is 1.60 bits per heavy atom. The van der Waals surface area contributed by atoms with Gasteiger partial charge in [0.05, 0.1) is 4.90 Å². The minimum absolute atomic E-state index is 0. The van der Waals surface area contributed by atoms with Crippen LogP contribution in [0.4, 0.5) is 12.9 Å². The van der Waals surface area contributed by atoms with Gasteiger partial charge in [-0.25, -0.2) is 8.42 Å². The molecular formula is C11H10BF3KNO2S. The molecule has 0 spiro atoms. The molecule has 0 N–H and O–H groups in total. The molecule has 1 aromatic heterocycles. The molecule has 2 rings (SSSR count). The number of nitrogens with zero attached hydrogens (tertiary/aromatic N) is 1. The van der Waals surface area contributed by atoms with Crippen LogP contribution < -0.4 is 57.0 Å². The predicted molar refractivity (Wildman–Crippen MR) is 66.9 cm³/mol. The zero-order valence-corrected chi connectivity index (χ0v) is 14.9. The van der Waals surface area contributed by atoms with E-state index >= 15 is 0 Å². The molecule has 0 atom stereocenters. The van der Waals surface area contributed by atoms with Crippen LogP contribution in [0, 0.1) is 6.92 Å². The Kier molecular flexibility index (Phi) is 5.73. The van der Waals surface area contributed by atoms with Crippen molar-refractivity contribution in [2.24, 2.45) is 0 Å². The fraction of sp³-hybridized carbons (Fsp3) is 0.0909. The molecule has 0 aliphatic carbocycles. The molecule has 20 heavy (non-hydrogen) atoms. The van der Waals surface area contributed by atoms with Crippen LogP contribution in [0.1, 0.15) is 5.56 Å². The van der Waals surface area contributed by atoms with Crippen molar-refractivity contribution >= 4 is 22.6 Å². The molecular weight excluding hydrogens is 317 g/mol. The summed E-state index contributed by atoms with van der Waals surface area (Å²) in [7, 11) is -4.21. The summed E-state index contributed by atoms with van der Waals surface area (Å²) >= 11 is 0. The number of benzene rings is 1. The van der Waals surface area contributed by atoms with Gasteiger partial charge in [-0.1, -0.05) is 23.8 Å². The average molecular weight is 327 g/mol. The Balaban J connectivity index is 0.00000200. The third-order valence-corrected chi connectivity index (χ3v) is 4.37. The zero-order chi connectivity index (χ0) is 14.3. The summed E-state index contributed by atoms with van der Waals surface area (Å²) in [6, 6.07) is 7.47. The third-order valence-electron chi connectivity index (χ3n) is 2.66. The van der Waals surface area contributed by atoms with Gasteiger partial charge in [-0.2, -0.15) is 0 Å². The molecule has 0 bridgehead atoms. The van der Waals surface area contributed by atoms with E-state index < -0.39 is 22.6 Å². The normalized spacial score (nSPS) is 12.0. The van der Waals surface area contributed by atoms with Crippen molar-refractivity contribution < 1.29 is 72.7 Å². The monoisotopic (exact) mass is 327 g/mol. The summed E-state index contributed by atoms with van der Waals surface area (Å²) in [5.41, 5.74) is -0.327. The molecule has 0 fully saturated rings. The van der Waals surface area contributed by atoms with Crippen LogP contribution in [0.5, 0.6) is 0 Å². The molecule has 0 aliphatic rings. The zero-order valence-electron chi connectivity index (χ0n) is 10.9. The summed E-state index contributed by atoms with van der Waals surface area (Å²) in [4.78, 5) is -0.171. The largest absolute Gasteiger partial charge is 1.00 e. The summed E-state index contributed by atoms with van der Waals surface area (Å²) < 4.78 is 62.9. The van der Waals surface area contributed by atoms with Gasteiger partial charge in [0.25, 0.3) is 10.0 Å². The van der Waals surface area contributed by atoms with E-state index in [2.05, 4.69) is 0 Å². The summed E-state index contributed by atoms with van der Waals surface area (Å²) in [6.45, 7) is -3.62. The molecule has 0 aliphatic heterocycles. The molecule has 102 valence electrons. The maximum absolute atomic E-state index is 12.8. The van der Waals surface area contributed by atoms with E-state index in [9.17, 15) is 21.4 Å². The first kappa shape index (κ1) is 18.0. The summed E-state index contributed by atoms with van der Waals surface area (Å²) in [5, 5.41) is 0. The van der Waals surface area contributed by atoms with Gasteiger partial charge in [0.1, 0.15) is 0 Å². The maximum Gasteiger partial charge on any atom is 1.00 e. The first-order chi connectivity index (χ1) is 8.73. The Morgan fingerprint density at radius 3 is 2.10 bits per heavy atom. The van der Waals surface area contributed by atoms with Crippen LogP contribution in [0.15, 0.2) is 47.5 Å². The van der Waals surface area contributed by atoms with E-state index in [0.717, 1.165) is 23.9 Å². The van der Waals surface area contributed by atoms with Crippen molar-refractivity contribution in [2.75, 3.05) is 0 Å². The van der Waals surface area contributed by atoms with E-state index in [0.29, 0.717) is 0 Å². The van der Waals surface area contributed by atoms with Crippen LogP contribution in [0.25, 0.3) is 0 Å². The van der Waals surface area contributed by atoms with Gasteiger partial charge < -0.3 is 12.9 Å². The van der Waals surface area contributed by atoms with Gasteiger partial charge in [0.15, 0.2) is 0 Å². The van der Waals surface area contributed by atoms with E-state index in [-0.39, 0.29) is 60.3 Å². The second kappa shape index (κ2) is 6.37. The fourth-order valence-electron chi connectivity index (χ4n) is 1.68. The van der Waals surface area contributed by atoms with Crippen LogP contribution in [-0.2, 0) is 10.0 Å². The molecule has 1 aromatic carbocycles. The minimum Gasteiger partial charge on any atom is -0.444 e. The predicted octanol–water partition coefficient (Wildman–Crippen LogP) is -0.908. The number of aromatic nitrogens is 1. The van der Waals surface area contributed by atoms with Crippen LogP contribution in [0.2, 0.25) is 0 Å². The van der Waals surface area contributed by atoms with Crippen molar-refractivity contribution in [3.05, 3.63) is 48.2 Å². The minimum atomic E-state index is -5.38. The molecule has 0 amide bonds. The van der Waals surface area contributed by atoms with Crippen LogP contribution in [-0.4, -0.2) is 19.4 Å². The number of rotatable bonds is 3.